The Hall–Kier alpha value is -2.47. The van der Waals surface area contributed by atoms with Crippen molar-refractivity contribution in [3.63, 3.8) is 0 Å². The minimum atomic E-state index is -0.318. The molecule has 140 valence electrons. The molecule has 0 radical (unpaired) electrons. The highest BCUT2D eigenvalue weighted by molar-refractivity contribution is 6.38. The molecule has 0 N–H and O–H groups in total. The monoisotopic (exact) mass is 386 g/mol. The van der Waals surface area contributed by atoms with Crippen molar-refractivity contribution < 1.29 is 9.18 Å². The van der Waals surface area contributed by atoms with Crippen LogP contribution in [0.1, 0.15) is 35.8 Å². The Morgan fingerprint density at radius 3 is 2.74 bits per heavy atom. The van der Waals surface area contributed by atoms with E-state index in [-0.39, 0.29) is 11.7 Å². The van der Waals surface area contributed by atoms with Gasteiger partial charge in [0.1, 0.15) is 5.82 Å². The number of likely N-dealkylation sites (tertiary alicyclic amines) is 1. The largest absolute Gasteiger partial charge is 0.338 e. The second kappa shape index (κ2) is 6.93. The van der Waals surface area contributed by atoms with Gasteiger partial charge < -0.3 is 4.90 Å². The second-order valence-electron chi connectivity index (χ2n) is 7.16. The number of aryl methyl sites for hydroxylation is 1. The van der Waals surface area contributed by atoms with Crippen LogP contribution in [-0.4, -0.2) is 38.7 Å². The van der Waals surface area contributed by atoms with E-state index >= 15 is 0 Å². The highest BCUT2D eigenvalue weighted by Gasteiger charge is 2.26. The number of hydrogen-bond donors (Lipinski definition) is 0. The van der Waals surface area contributed by atoms with Crippen LogP contribution in [0, 0.1) is 18.7 Å². The molecule has 1 amide bonds. The van der Waals surface area contributed by atoms with Gasteiger partial charge in [0.25, 0.3) is 5.91 Å². The van der Waals surface area contributed by atoms with Gasteiger partial charge in [0, 0.05) is 19.3 Å². The molecule has 0 aliphatic carbocycles. The number of rotatable bonds is 2. The SMILES string of the molecule is Cc1nn(-c2ccc(F)cc2)c2ncc(C(=O)N3CCC[C@H](C)C3)c(Cl)c12. The van der Waals surface area contributed by atoms with Crippen molar-refractivity contribution in [2.45, 2.75) is 26.7 Å². The summed E-state index contributed by atoms with van der Waals surface area (Å²) in [5.74, 6) is 0.0811. The predicted octanol–water partition coefficient (Wildman–Crippen LogP) is 4.39. The van der Waals surface area contributed by atoms with Gasteiger partial charge in [-0.05, 0) is 49.9 Å². The van der Waals surface area contributed by atoms with Gasteiger partial charge >= 0.3 is 0 Å². The first-order valence-corrected chi connectivity index (χ1v) is 9.42. The lowest BCUT2D eigenvalue weighted by atomic mass is 9.99. The maximum absolute atomic E-state index is 13.2. The molecule has 4 rings (SSSR count). The summed E-state index contributed by atoms with van der Waals surface area (Å²) in [7, 11) is 0. The lowest BCUT2D eigenvalue weighted by Crippen LogP contribution is -2.39. The van der Waals surface area contributed by atoms with Gasteiger partial charge in [0.05, 0.1) is 27.4 Å². The molecule has 0 unspecified atom stereocenters. The summed E-state index contributed by atoms with van der Waals surface area (Å²) in [6.45, 7) is 5.46. The third-order valence-electron chi connectivity index (χ3n) is 5.05. The van der Waals surface area contributed by atoms with E-state index in [1.165, 1.54) is 18.3 Å². The standard InChI is InChI=1S/C20H20ClFN4O/c1-12-4-3-9-25(11-12)20(27)16-10-23-19-17(18(16)21)13(2)24-26(19)15-7-5-14(22)6-8-15/h5-8,10,12H,3-4,9,11H2,1-2H3/t12-/m0/s1. The molecule has 5 nitrogen and oxygen atoms in total. The lowest BCUT2D eigenvalue weighted by Gasteiger charge is -2.31. The topological polar surface area (TPSA) is 51.0 Å². The van der Waals surface area contributed by atoms with Crippen LogP contribution in [0.3, 0.4) is 0 Å². The molecule has 0 spiro atoms. The Morgan fingerprint density at radius 1 is 1.30 bits per heavy atom. The summed E-state index contributed by atoms with van der Waals surface area (Å²) in [5, 5.41) is 5.52. The fourth-order valence-electron chi connectivity index (χ4n) is 3.66. The zero-order chi connectivity index (χ0) is 19.1. The summed E-state index contributed by atoms with van der Waals surface area (Å²) in [5.41, 5.74) is 2.31. The predicted molar refractivity (Wildman–Crippen MR) is 103 cm³/mol. The summed E-state index contributed by atoms with van der Waals surface area (Å²) in [6, 6.07) is 6.00. The number of aromatic nitrogens is 3. The number of hydrogen-bond acceptors (Lipinski definition) is 3. The van der Waals surface area contributed by atoms with Crippen LogP contribution in [0.25, 0.3) is 16.7 Å². The van der Waals surface area contributed by atoms with Crippen molar-refractivity contribution in [3.8, 4) is 5.69 Å². The molecule has 7 heteroatoms. The van der Waals surface area contributed by atoms with E-state index < -0.39 is 0 Å². The maximum Gasteiger partial charge on any atom is 0.256 e. The van der Waals surface area contributed by atoms with Gasteiger partial charge in [-0.25, -0.2) is 14.1 Å². The Morgan fingerprint density at radius 2 is 2.04 bits per heavy atom. The third-order valence-corrected chi connectivity index (χ3v) is 5.45. The Kier molecular flexibility index (Phi) is 4.60. The summed E-state index contributed by atoms with van der Waals surface area (Å²) < 4.78 is 14.8. The van der Waals surface area contributed by atoms with Crippen LogP contribution in [-0.2, 0) is 0 Å². The minimum absolute atomic E-state index is 0.0881. The molecule has 0 bridgehead atoms. The first kappa shape index (κ1) is 17.9. The highest BCUT2D eigenvalue weighted by atomic mass is 35.5. The minimum Gasteiger partial charge on any atom is -0.338 e. The van der Waals surface area contributed by atoms with Gasteiger partial charge in [-0.1, -0.05) is 18.5 Å². The van der Waals surface area contributed by atoms with E-state index in [2.05, 4.69) is 17.0 Å². The average Bonchev–Trinajstić information content (AvgIpc) is 2.99. The van der Waals surface area contributed by atoms with Crippen molar-refractivity contribution in [2.24, 2.45) is 5.92 Å². The zero-order valence-corrected chi connectivity index (χ0v) is 16.0. The fourth-order valence-corrected chi connectivity index (χ4v) is 4.01. The Balaban J connectivity index is 1.77. The number of benzene rings is 1. The average molecular weight is 387 g/mol. The van der Waals surface area contributed by atoms with Crippen molar-refractivity contribution in [1.29, 1.82) is 0 Å². The molecular weight excluding hydrogens is 367 g/mol. The molecule has 1 aliphatic rings. The summed E-state index contributed by atoms with van der Waals surface area (Å²) >= 11 is 6.62. The molecule has 3 heterocycles. The van der Waals surface area contributed by atoms with E-state index in [4.69, 9.17) is 11.6 Å². The second-order valence-corrected chi connectivity index (χ2v) is 7.53. The molecule has 1 aliphatic heterocycles. The first-order valence-electron chi connectivity index (χ1n) is 9.04. The first-order chi connectivity index (χ1) is 13.0. The van der Waals surface area contributed by atoms with E-state index in [1.54, 1.807) is 16.8 Å². The van der Waals surface area contributed by atoms with Crippen LogP contribution in [0.15, 0.2) is 30.5 Å². The number of carbonyl (C=O) groups excluding carboxylic acids is 1. The molecule has 1 aromatic carbocycles. The van der Waals surface area contributed by atoms with Gasteiger partial charge in [-0.2, -0.15) is 5.10 Å². The molecule has 27 heavy (non-hydrogen) atoms. The third kappa shape index (κ3) is 3.18. The molecular formula is C20H20ClFN4O. The van der Waals surface area contributed by atoms with Crippen molar-refractivity contribution in [3.05, 3.63) is 52.6 Å². The highest BCUT2D eigenvalue weighted by Crippen LogP contribution is 2.31. The molecule has 1 saturated heterocycles. The zero-order valence-electron chi connectivity index (χ0n) is 15.2. The van der Waals surface area contributed by atoms with Crippen LogP contribution < -0.4 is 0 Å². The van der Waals surface area contributed by atoms with Crippen molar-refractivity contribution >= 4 is 28.5 Å². The Bertz CT molecular complexity index is 1010. The lowest BCUT2D eigenvalue weighted by molar-refractivity contribution is 0.0683. The number of halogens is 2. The van der Waals surface area contributed by atoms with Crippen LogP contribution in [0.4, 0.5) is 4.39 Å². The van der Waals surface area contributed by atoms with Crippen LogP contribution in [0.2, 0.25) is 5.02 Å². The fraction of sp³-hybridized carbons (Fsp3) is 0.350. The number of piperidine rings is 1. The molecule has 0 saturated carbocycles. The maximum atomic E-state index is 13.2. The van der Waals surface area contributed by atoms with E-state index in [0.717, 1.165) is 25.9 Å². The van der Waals surface area contributed by atoms with Gasteiger partial charge in [0.15, 0.2) is 5.65 Å². The van der Waals surface area contributed by atoms with Gasteiger partial charge in [-0.3, -0.25) is 4.79 Å². The van der Waals surface area contributed by atoms with Gasteiger partial charge in [-0.15, -0.1) is 0 Å². The van der Waals surface area contributed by atoms with Crippen LogP contribution >= 0.6 is 11.6 Å². The number of amides is 1. The quantitative estimate of drug-likeness (QED) is 0.656. The molecule has 1 fully saturated rings. The van der Waals surface area contributed by atoms with Crippen LogP contribution in [0.5, 0.6) is 0 Å². The van der Waals surface area contributed by atoms with Crippen molar-refractivity contribution in [2.75, 3.05) is 13.1 Å². The summed E-state index contributed by atoms with van der Waals surface area (Å²) in [4.78, 5) is 19.3. The number of carbonyl (C=O) groups is 1. The molecule has 1 atom stereocenters. The molecule has 3 aromatic rings. The number of nitrogens with zero attached hydrogens (tertiary/aromatic N) is 4. The Labute approximate surface area is 161 Å². The van der Waals surface area contributed by atoms with Crippen molar-refractivity contribution in [1.82, 2.24) is 19.7 Å². The van der Waals surface area contributed by atoms with E-state index in [1.807, 2.05) is 11.8 Å². The number of fused-ring (bicyclic) bond motifs is 1. The van der Waals surface area contributed by atoms with E-state index in [9.17, 15) is 9.18 Å². The molecule has 2 aromatic heterocycles. The normalized spacial score (nSPS) is 17.5. The summed E-state index contributed by atoms with van der Waals surface area (Å²) in [6.07, 6.45) is 3.66. The van der Waals surface area contributed by atoms with E-state index in [0.29, 0.717) is 38.9 Å². The number of pyridine rings is 1. The smallest absolute Gasteiger partial charge is 0.256 e. The van der Waals surface area contributed by atoms with Gasteiger partial charge in [0.2, 0.25) is 0 Å².